The molecule has 0 atom stereocenters. The predicted octanol–water partition coefficient (Wildman–Crippen LogP) is 5.76. The van der Waals surface area contributed by atoms with Gasteiger partial charge in [0, 0.05) is 27.8 Å². The molecular weight excluding hydrogens is 400 g/mol. The Bertz CT molecular complexity index is 1080. The van der Waals surface area contributed by atoms with Crippen LogP contribution >= 0.6 is 11.8 Å². The number of aryl methyl sites for hydroxylation is 1. The standard InChI is InChI=1S/C23H22N2O4S/c1-15-7-10-19(11-8-15)30-14-18-13-17(9-12-22(18)29-3)23(26)24-20-5-4-6-21(16(20)2)25(27)28/h4-13H,14H2,1-3H3,(H,24,26). The first-order chi connectivity index (χ1) is 14.4. The number of benzene rings is 3. The molecule has 6 nitrogen and oxygen atoms in total. The van der Waals surface area contributed by atoms with Crippen LogP contribution in [0.4, 0.5) is 11.4 Å². The average Bonchev–Trinajstić information content (AvgIpc) is 2.74. The van der Waals surface area contributed by atoms with Crippen molar-refractivity contribution in [2.24, 2.45) is 0 Å². The number of rotatable bonds is 7. The summed E-state index contributed by atoms with van der Waals surface area (Å²) in [5.74, 6) is 1.02. The molecule has 0 aliphatic rings. The number of nitrogens with zero attached hydrogens (tertiary/aromatic N) is 1. The monoisotopic (exact) mass is 422 g/mol. The molecule has 1 amide bonds. The van der Waals surface area contributed by atoms with E-state index in [-0.39, 0.29) is 11.6 Å². The fourth-order valence-corrected chi connectivity index (χ4v) is 3.86. The van der Waals surface area contributed by atoms with Crippen molar-refractivity contribution in [3.63, 3.8) is 0 Å². The highest BCUT2D eigenvalue weighted by Gasteiger charge is 2.16. The van der Waals surface area contributed by atoms with Crippen molar-refractivity contribution in [1.82, 2.24) is 0 Å². The lowest BCUT2D eigenvalue weighted by atomic mass is 10.1. The minimum absolute atomic E-state index is 0.0299. The van der Waals surface area contributed by atoms with Crippen molar-refractivity contribution < 1.29 is 14.5 Å². The lowest BCUT2D eigenvalue weighted by molar-refractivity contribution is -0.385. The molecule has 3 aromatic rings. The number of nitro benzene ring substituents is 1. The van der Waals surface area contributed by atoms with Gasteiger partial charge in [-0.25, -0.2) is 0 Å². The number of ether oxygens (including phenoxy) is 1. The van der Waals surface area contributed by atoms with E-state index in [1.54, 1.807) is 56.1 Å². The number of thioether (sulfide) groups is 1. The highest BCUT2D eigenvalue weighted by atomic mass is 32.2. The maximum absolute atomic E-state index is 12.8. The van der Waals surface area contributed by atoms with Crippen LogP contribution in [0.25, 0.3) is 0 Å². The Morgan fingerprint density at radius 1 is 1.10 bits per heavy atom. The van der Waals surface area contributed by atoms with Crippen LogP contribution in [0.5, 0.6) is 5.75 Å². The number of nitrogens with one attached hydrogen (secondary N) is 1. The fourth-order valence-electron chi connectivity index (χ4n) is 2.98. The largest absolute Gasteiger partial charge is 0.496 e. The second-order valence-electron chi connectivity index (χ2n) is 6.79. The topological polar surface area (TPSA) is 81.5 Å². The Hall–Kier alpha value is -3.32. The number of carbonyl (C=O) groups excluding carboxylic acids is 1. The molecule has 1 N–H and O–H groups in total. The average molecular weight is 423 g/mol. The van der Waals surface area contributed by atoms with Gasteiger partial charge < -0.3 is 10.1 Å². The molecule has 0 radical (unpaired) electrons. The van der Waals surface area contributed by atoms with Crippen molar-refractivity contribution in [2.45, 2.75) is 24.5 Å². The molecule has 7 heteroatoms. The van der Waals surface area contributed by atoms with E-state index in [4.69, 9.17) is 4.74 Å². The summed E-state index contributed by atoms with van der Waals surface area (Å²) in [6.07, 6.45) is 0. The van der Waals surface area contributed by atoms with E-state index >= 15 is 0 Å². The van der Waals surface area contributed by atoms with Crippen molar-refractivity contribution >= 4 is 29.0 Å². The minimum atomic E-state index is -0.460. The minimum Gasteiger partial charge on any atom is -0.496 e. The first-order valence-electron chi connectivity index (χ1n) is 9.31. The molecule has 0 heterocycles. The highest BCUT2D eigenvalue weighted by Crippen LogP contribution is 2.30. The summed E-state index contributed by atoms with van der Waals surface area (Å²) < 4.78 is 5.45. The number of hydrogen-bond acceptors (Lipinski definition) is 5. The number of amides is 1. The normalized spacial score (nSPS) is 10.5. The van der Waals surface area contributed by atoms with E-state index < -0.39 is 4.92 Å². The van der Waals surface area contributed by atoms with Gasteiger partial charge in [0.25, 0.3) is 11.6 Å². The second kappa shape index (κ2) is 9.45. The molecule has 0 aromatic heterocycles. The highest BCUT2D eigenvalue weighted by molar-refractivity contribution is 7.98. The molecule has 30 heavy (non-hydrogen) atoms. The summed E-state index contributed by atoms with van der Waals surface area (Å²) in [7, 11) is 1.60. The van der Waals surface area contributed by atoms with E-state index in [1.165, 1.54) is 11.6 Å². The summed E-state index contributed by atoms with van der Waals surface area (Å²) in [5, 5.41) is 13.9. The number of carbonyl (C=O) groups is 1. The molecule has 0 bridgehead atoms. The third-order valence-corrected chi connectivity index (χ3v) is 5.77. The van der Waals surface area contributed by atoms with Gasteiger partial charge in [0.1, 0.15) is 5.75 Å². The van der Waals surface area contributed by atoms with Crippen LogP contribution in [0, 0.1) is 24.0 Å². The van der Waals surface area contributed by atoms with E-state index in [0.29, 0.717) is 28.3 Å². The van der Waals surface area contributed by atoms with Gasteiger partial charge in [-0.2, -0.15) is 0 Å². The van der Waals surface area contributed by atoms with Crippen molar-refractivity contribution in [2.75, 3.05) is 12.4 Å². The smallest absolute Gasteiger partial charge is 0.274 e. The van der Waals surface area contributed by atoms with Gasteiger partial charge in [0.2, 0.25) is 0 Å². The van der Waals surface area contributed by atoms with Gasteiger partial charge in [0.15, 0.2) is 0 Å². The molecule has 0 aliphatic carbocycles. The fraction of sp³-hybridized carbons (Fsp3) is 0.174. The molecule has 0 saturated carbocycles. The summed E-state index contributed by atoms with van der Waals surface area (Å²) >= 11 is 1.66. The van der Waals surface area contributed by atoms with Crippen LogP contribution in [0.2, 0.25) is 0 Å². The number of hydrogen-bond donors (Lipinski definition) is 1. The second-order valence-corrected chi connectivity index (χ2v) is 7.84. The molecule has 154 valence electrons. The number of nitro groups is 1. The zero-order valence-electron chi connectivity index (χ0n) is 17.0. The SMILES string of the molecule is COc1ccc(C(=O)Nc2cccc([N+](=O)[O-])c2C)cc1CSc1ccc(C)cc1. The molecule has 0 aliphatic heterocycles. The Morgan fingerprint density at radius 3 is 2.50 bits per heavy atom. The van der Waals surface area contributed by atoms with Gasteiger partial charge in [-0.15, -0.1) is 11.8 Å². The predicted molar refractivity (Wildman–Crippen MR) is 120 cm³/mol. The quantitative estimate of drug-likeness (QED) is 0.297. The van der Waals surface area contributed by atoms with Crippen LogP contribution in [0.1, 0.15) is 27.0 Å². The van der Waals surface area contributed by atoms with Crippen LogP contribution in [0.15, 0.2) is 65.6 Å². The van der Waals surface area contributed by atoms with Crippen LogP contribution in [-0.2, 0) is 5.75 Å². The molecule has 0 fully saturated rings. The Balaban J connectivity index is 1.80. The maximum Gasteiger partial charge on any atom is 0.274 e. The zero-order chi connectivity index (χ0) is 21.7. The first-order valence-corrected chi connectivity index (χ1v) is 10.3. The Kier molecular flexibility index (Phi) is 6.74. The van der Waals surface area contributed by atoms with Gasteiger partial charge in [-0.1, -0.05) is 23.8 Å². The van der Waals surface area contributed by atoms with Crippen molar-refractivity contribution in [3.8, 4) is 5.75 Å². The van der Waals surface area contributed by atoms with Crippen LogP contribution in [-0.4, -0.2) is 17.9 Å². The summed E-state index contributed by atoms with van der Waals surface area (Å²) in [6.45, 7) is 3.66. The molecule has 3 rings (SSSR count). The van der Waals surface area contributed by atoms with E-state index in [9.17, 15) is 14.9 Å². The van der Waals surface area contributed by atoms with Gasteiger partial charge in [-0.05, 0) is 50.2 Å². The van der Waals surface area contributed by atoms with E-state index in [2.05, 4.69) is 29.6 Å². The molecule has 0 spiro atoms. The van der Waals surface area contributed by atoms with E-state index in [1.807, 2.05) is 6.92 Å². The van der Waals surface area contributed by atoms with Gasteiger partial charge in [0.05, 0.1) is 23.3 Å². The number of methoxy groups -OCH3 is 1. The summed E-state index contributed by atoms with van der Waals surface area (Å²) in [4.78, 5) is 24.6. The van der Waals surface area contributed by atoms with Crippen molar-refractivity contribution in [1.29, 1.82) is 0 Å². The van der Waals surface area contributed by atoms with Crippen LogP contribution < -0.4 is 10.1 Å². The third-order valence-electron chi connectivity index (χ3n) is 4.71. The maximum atomic E-state index is 12.8. The van der Waals surface area contributed by atoms with Gasteiger partial charge >= 0.3 is 0 Å². The summed E-state index contributed by atoms with van der Waals surface area (Å²) in [6, 6.07) is 18.1. The third kappa shape index (κ3) is 4.99. The Labute approximate surface area is 179 Å². The van der Waals surface area contributed by atoms with Gasteiger partial charge in [-0.3, -0.25) is 14.9 Å². The summed E-state index contributed by atoms with van der Waals surface area (Å²) in [5.41, 5.74) is 3.36. The first kappa shape index (κ1) is 21.4. The molecule has 3 aromatic carbocycles. The Morgan fingerprint density at radius 2 is 1.83 bits per heavy atom. The lowest BCUT2D eigenvalue weighted by Crippen LogP contribution is -2.13. The molecule has 0 saturated heterocycles. The van der Waals surface area contributed by atoms with E-state index in [0.717, 1.165) is 10.5 Å². The van der Waals surface area contributed by atoms with Crippen molar-refractivity contribution in [3.05, 3.63) is 93.0 Å². The van der Waals surface area contributed by atoms with Crippen LogP contribution in [0.3, 0.4) is 0 Å². The number of anilines is 1. The molecular formula is C23H22N2O4S. The molecule has 0 unspecified atom stereocenters. The zero-order valence-corrected chi connectivity index (χ0v) is 17.8. The lowest BCUT2D eigenvalue weighted by Gasteiger charge is -2.12.